The fraction of sp³-hybridized carbons (Fsp3) is 0.292. The first-order valence-electron chi connectivity index (χ1n) is 53.7. The Morgan fingerprint density at radius 3 is 0.816 bits per heavy atom. The molecule has 2 aliphatic heterocycles. The minimum Gasteiger partial charge on any atom is -0.355 e. The summed E-state index contributed by atoms with van der Waals surface area (Å²) in [5.74, 6) is 5.34. The SMILES string of the molecule is CCC[CH2][Sn]([CH2]CCC)([CH2]CCC)[c]1ccccn1.O=C(CC1CCCCC1)C1CN(c2nc(-c3ccccn3)nc3c2CCC3)C1.O=C(CC1CCCCC1)C1CN(c2nc(Cl)nc3c2CCC3)C1.[Pd].c1ccc(P(c2ccccc2)c2ccccc2)cc1.c1ccc(P(c2ccccc2)c2ccccc2)cc1.c1ccc(P(c2ccccc2)c2ccccc2)cc1.c1ccc(P(c2ccccc2)c2ccccc2)cc1. The van der Waals surface area contributed by atoms with Crippen LogP contribution >= 0.6 is 43.3 Å². The van der Waals surface area contributed by atoms with Crippen LogP contribution in [-0.4, -0.2) is 86.0 Å². The first kappa shape index (κ1) is 111. The summed E-state index contributed by atoms with van der Waals surface area (Å²) in [5.41, 5.74) is 5.65. The first-order chi connectivity index (χ1) is 72.1. The van der Waals surface area contributed by atoms with Gasteiger partial charge in [0.1, 0.15) is 28.9 Å². The van der Waals surface area contributed by atoms with Crippen molar-refractivity contribution < 1.29 is 30.0 Å². The van der Waals surface area contributed by atoms with Gasteiger partial charge in [-0.1, -0.05) is 434 Å². The van der Waals surface area contributed by atoms with E-state index in [1.165, 1.54) is 197 Å². The van der Waals surface area contributed by atoms with Crippen LogP contribution in [0.3, 0.4) is 0 Å². The number of aryl methyl sites for hydroxylation is 2. The van der Waals surface area contributed by atoms with E-state index in [1.807, 2.05) is 24.4 Å². The van der Waals surface area contributed by atoms with E-state index in [0.29, 0.717) is 34.5 Å². The fourth-order valence-corrected chi connectivity index (χ4v) is 45.9. The van der Waals surface area contributed by atoms with E-state index < -0.39 is 50.1 Å². The molecule has 0 atom stereocenters. The van der Waals surface area contributed by atoms with Crippen molar-refractivity contribution >= 4 is 152 Å². The molecule has 4 aromatic heterocycles. The van der Waals surface area contributed by atoms with Crippen LogP contribution in [-0.2, 0) is 55.7 Å². The van der Waals surface area contributed by atoms with Crippen molar-refractivity contribution in [1.82, 2.24) is 29.9 Å². The normalized spacial score (nSPS) is 14.3. The molecular weight excluding hydrogens is 2090 g/mol. The maximum absolute atomic E-state index is 12.7. The third-order valence-corrected chi connectivity index (χ3v) is 53.9. The maximum atomic E-state index is 12.7. The molecule has 0 amide bonds. The third-order valence-electron chi connectivity index (χ3n) is 28.8. The van der Waals surface area contributed by atoms with Crippen molar-refractivity contribution in [3.63, 3.8) is 0 Å². The van der Waals surface area contributed by atoms with Gasteiger partial charge in [0.2, 0.25) is 5.28 Å². The summed E-state index contributed by atoms with van der Waals surface area (Å²) in [4.78, 5) is 57.4. The number of anilines is 2. The zero-order valence-corrected chi connectivity index (χ0v) is 94.6. The molecule has 2 saturated carbocycles. The van der Waals surface area contributed by atoms with Crippen LogP contribution in [0.4, 0.5) is 11.6 Å². The van der Waals surface area contributed by atoms with Crippen molar-refractivity contribution in [3.8, 4) is 11.5 Å². The van der Waals surface area contributed by atoms with E-state index in [9.17, 15) is 9.59 Å². The Hall–Kier alpha value is -10.5. The number of hydrogen-bond acceptors (Lipinski definition) is 10. The minimum atomic E-state index is -2.21. The van der Waals surface area contributed by atoms with Gasteiger partial charge in [0.15, 0.2) is 5.82 Å². The molecule has 6 aliphatic rings. The second kappa shape index (κ2) is 59.8. The van der Waals surface area contributed by atoms with Crippen molar-refractivity contribution in [3.05, 3.63) is 441 Å². The van der Waals surface area contributed by atoms with Gasteiger partial charge in [0.25, 0.3) is 0 Å². The predicted octanol–water partition coefficient (Wildman–Crippen LogP) is 26.5. The van der Waals surface area contributed by atoms with Gasteiger partial charge in [-0.15, -0.1) is 0 Å². The zero-order valence-electron chi connectivity index (χ0n) is 85.9. The van der Waals surface area contributed by atoms with Crippen molar-refractivity contribution in [2.24, 2.45) is 23.7 Å². The van der Waals surface area contributed by atoms with E-state index in [4.69, 9.17) is 26.6 Å². The number of aromatic nitrogens is 6. The van der Waals surface area contributed by atoms with E-state index in [1.54, 1.807) is 9.91 Å². The Morgan fingerprint density at radius 2 is 0.558 bits per heavy atom. The van der Waals surface area contributed by atoms with Crippen LogP contribution in [0.1, 0.15) is 172 Å². The van der Waals surface area contributed by atoms with Gasteiger partial charge < -0.3 is 9.80 Å². The average Bonchev–Trinajstić information content (AvgIpc) is 1.76. The molecule has 0 unspecified atom stereocenters. The zero-order chi connectivity index (χ0) is 100. The smallest absolute Gasteiger partial charge is 0.224 e. The summed E-state index contributed by atoms with van der Waals surface area (Å²) in [5, 5.41) is 17.1. The van der Waals surface area contributed by atoms with Crippen molar-refractivity contribution in [2.75, 3.05) is 36.0 Å². The van der Waals surface area contributed by atoms with Gasteiger partial charge in [0, 0.05) is 82.5 Å². The van der Waals surface area contributed by atoms with Crippen LogP contribution < -0.4 is 77.2 Å². The van der Waals surface area contributed by atoms with E-state index in [0.717, 1.165) is 101 Å². The van der Waals surface area contributed by atoms with E-state index >= 15 is 0 Å². The molecule has 4 fully saturated rings. The number of unbranched alkanes of at least 4 members (excludes halogenated alkanes) is 3. The van der Waals surface area contributed by atoms with Gasteiger partial charge in [-0.05, 0) is 169 Å². The van der Waals surface area contributed by atoms with Gasteiger partial charge in [0.05, 0.1) is 17.5 Å². The predicted molar refractivity (Wildman–Crippen MR) is 630 cm³/mol. The molecule has 147 heavy (non-hydrogen) atoms. The topological polar surface area (TPSA) is 118 Å². The summed E-state index contributed by atoms with van der Waals surface area (Å²) in [6.07, 6.45) is 32.9. The number of hydrogen-bond donors (Lipinski definition) is 0. The molecule has 10 nitrogen and oxygen atoms in total. The summed E-state index contributed by atoms with van der Waals surface area (Å²) in [6, 6.07) is 142. The summed E-state index contributed by atoms with van der Waals surface area (Å²) < 4.78 is 6.10. The third kappa shape index (κ3) is 32.1. The Bertz CT molecular complexity index is 5620. The molecule has 17 heteroatoms. The number of fused-ring (bicyclic) bond motifs is 2. The number of nitrogens with zero attached hydrogens (tertiary/aromatic N) is 8. The quantitative estimate of drug-likeness (QED) is 0.0236. The van der Waals surface area contributed by atoms with Crippen LogP contribution in [0, 0.1) is 23.7 Å². The molecule has 0 radical (unpaired) electrons. The number of carbonyl (C=O) groups excluding carboxylic acids is 2. The molecule has 16 aromatic rings. The van der Waals surface area contributed by atoms with E-state index in [2.05, 4.69) is 428 Å². The minimum absolute atomic E-state index is 0. The number of benzene rings is 12. The number of ketones is 2. The molecule has 756 valence electrons. The van der Waals surface area contributed by atoms with Crippen LogP contribution in [0.5, 0.6) is 0 Å². The molecule has 4 aliphatic carbocycles. The number of pyridine rings is 2. The Morgan fingerprint density at radius 1 is 0.299 bits per heavy atom. The molecular formula is C130H143ClN8O2P4PdSn. The summed E-state index contributed by atoms with van der Waals surface area (Å²) in [7, 11) is -1.78. The molecule has 0 spiro atoms. The van der Waals surface area contributed by atoms with Gasteiger partial charge in [-0.2, -0.15) is 0 Å². The summed E-state index contributed by atoms with van der Waals surface area (Å²) in [6.45, 7) is 10.2. The van der Waals surface area contributed by atoms with Crippen molar-refractivity contribution in [2.45, 2.75) is 188 Å². The molecule has 0 N–H and O–H groups in total. The second-order valence-corrected chi connectivity index (χ2v) is 61.5. The maximum Gasteiger partial charge on any atom is 0.224 e. The standard InChI is InChI=1S/C23H28N4O.C18H24ClN3O.4C18H15P.C5H4N.3C4H9.Pd.Sn/c28-21(13-16-7-2-1-3-8-16)17-14-27(15-17)23-18-9-6-11-19(18)25-22(26-23)20-10-4-5-12-24-20;19-18-20-15-8-4-7-14(15)17(21-18)22-10-13(11-22)16(23)9-12-5-2-1-3-6-12;4*1-4-10-16(11-5-1)19(17-12-6-2-7-13-17)18-14-8-3-9-15-18;1-2-4-6-5-3-1;3*1-3-4-2;;/h4-5,10,12,16-17H,1-3,6-9,11,13-15H2;12-13H,1-11H2;4*1-15H;1-4H;3*1,3-4H2,2H3;;. The average molecular weight is 2230 g/mol. The van der Waals surface area contributed by atoms with Gasteiger partial charge >= 0.3 is 124 Å². The molecule has 0 bridgehead atoms. The van der Waals surface area contributed by atoms with Crippen LogP contribution in [0.25, 0.3) is 11.5 Å². The first-order valence-corrected chi connectivity index (χ1v) is 66.9. The number of halogens is 1. The number of carbonyl (C=O) groups is 2. The monoisotopic (exact) mass is 2230 g/mol. The van der Waals surface area contributed by atoms with Crippen LogP contribution in [0.15, 0.2) is 413 Å². The van der Waals surface area contributed by atoms with Gasteiger partial charge in [-0.25, -0.2) is 19.9 Å². The Balaban J connectivity index is 0.000000129. The Labute approximate surface area is 904 Å². The second-order valence-electron chi connectivity index (χ2n) is 39.2. The van der Waals surface area contributed by atoms with Crippen LogP contribution in [0.2, 0.25) is 18.6 Å². The van der Waals surface area contributed by atoms with E-state index in [-0.39, 0.29) is 32.3 Å². The van der Waals surface area contributed by atoms with Gasteiger partial charge in [-0.3, -0.25) is 14.6 Å². The Kier molecular flexibility index (Phi) is 45.0. The number of rotatable bonds is 31. The van der Waals surface area contributed by atoms with Crippen molar-refractivity contribution in [1.29, 1.82) is 0 Å². The molecule has 12 aromatic carbocycles. The molecule has 22 rings (SSSR count). The molecule has 2 saturated heterocycles. The fourth-order valence-electron chi connectivity index (χ4n) is 21.0. The molecule has 6 heterocycles. The number of Topliss-reactive ketones (excluding diaryl/α,β-unsaturated/α-hetero) is 2. The largest absolute Gasteiger partial charge is 0.355 e. The summed E-state index contributed by atoms with van der Waals surface area (Å²) >= 11 is 3.86.